The molecule has 326 valence electrons. The topological polar surface area (TPSA) is 124 Å². The molecule has 3 saturated heterocycles. The molecule has 1 saturated carbocycles. The average Bonchev–Trinajstić information content (AvgIpc) is 3.56. The van der Waals surface area contributed by atoms with Crippen molar-refractivity contribution < 1.29 is 23.9 Å². The molecule has 0 unspecified atom stereocenters. The van der Waals surface area contributed by atoms with Crippen LogP contribution in [0.5, 0.6) is 5.75 Å². The SMILES string of the molecule is CC(C)(C)[Si](C)(C)O[C@@H](CNCc1ccc2c(c1)CN(CCCCc1cccc(C3(C(=O)O[C@H]4CN5CCC4CC5)CCCCC3)c1)C2=O)c1ccc(O)c2[nH]c(=O)ccc12. The van der Waals surface area contributed by atoms with E-state index in [-0.39, 0.29) is 40.4 Å². The minimum atomic E-state index is -2.22. The summed E-state index contributed by atoms with van der Waals surface area (Å²) >= 11 is 0. The Morgan fingerprint density at radius 3 is 2.49 bits per heavy atom. The lowest BCUT2D eigenvalue weighted by Crippen LogP contribution is -2.53. The van der Waals surface area contributed by atoms with Gasteiger partial charge in [-0.2, -0.15) is 0 Å². The van der Waals surface area contributed by atoms with Gasteiger partial charge in [0.25, 0.3) is 5.91 Å². The number of benzene rings is 3. The lowest BCUT2D eigenvalue weighted by atomic mass is 9.69. The van der Waals surface area contributed by atoms with Gasteiger partial charge in [0.1, 0.15) is 11.9 Å². The van der Waals surface area contributed by atoms with Crippen molar-refractivity contribution >= 4 is 31.1 Å². The fourth-order valence-electron chi connectivity index (χ4n) is 10.1. The fourth-order valence-corrected chi connectivity index (χ4v) is 11.4. The Hall–Kier alpha value is -4.29. The van der Waals surface area contributed by atoms with E-state index in [1.54, 1.807) is 12.1 Å². The van der Waals surface area contributed by atoms with Gasteiger partial charge in [0, 0.05) is 49.7 Å². The highest BCUT2D eigenvalue weighted by molar-refractivity contribution is 6.74. The van der Waals surface area contributed by atoms with Gasteiger partial charge >= 0.3 is 5.97 Å². The number of aromatic amines is 1. The van der Waals surface area contributed by atoms with Crippen molar-refractivity contribution in [2.45, 2.75) is 134 Å². The smallest absolute Gasteiger partial charge is 0.316 e. The highest BCUT2D eigenvalue weighted by Crippen LogP contribution is 2.43. The first-order valence-electron chi connectivity index (χ1n) is 22.9. The Balaban J connectivity index is 0.864. The number of nitrogens with one attached hydrogen (secondary N) is 2. The molecule has 3 N–H and O–H groups in total. The van der Waals surface area contributed by atoms with Crippen LogP contribution in [0.15, 0.2) is 71.5 Å². The van der Waals surface area contributed by atoms with Gasteiger partial charge < -0.3 is 29.5 Å². The number of H-pyrrole nitrogens is 1. The predicted octanol–water partition coefficient (Wildman–Crippen LogP) is 8.90. The Labute approximate surface area is 362 Å². The highest BCUT2D eigenvalue weighted by atomic mass is 28.4. The number of aromatic hydroxyl groups is 1. The van der Waals surface area contributed by atoms with E-state index in [4.69, 9.17) is 9.16 Å². The summed E-state index contributed by atoms with van der Waals surface area (Å²) in [5, 5.41) is 15.0. The number of phenols is 1. The van der Waals surface area contributed by atoms with Crippen molar-refractivity contribution in [2.24, 2.45) is 5.92 Å². The Bertz CT molecular complexity index is 2290. The second-order valence-corrected chi connectivity index (χ2v) is 24.6. The Kier molecular flexibility index (Phi) is 12.7. The van der Waals surface area contributed by atoms with E-state index in [0.717, 1.165) is 111 Å². The van der Waals surface area contributed by atoms with Crippen LogP contribution in [0.2, 0.25) is 18.1 Å². The van der Waals surface area contributed by atoms with Crippen molar-refractivity contribution in [1.29, 1.82) is 0 Å². The van der Waals surface area contributed by atoms with Crippen LogP contribution in [0.4, 0.5) is 0 Å². The normalized spacial score (nSPS) is 21.8. The summed E-state index contributed by atoms with van der Waals surface area (Å²) in [7, 11) is -2.22. The molecule has 1 aromatic heterocycles. The lowest BCUT2D eigenvalue weighted by Gasteiger charge is -2.45. The van der Waals surface area contributed by atoms with E-state index < -0.39 is 13.7 Å². The third-order valence-corrected chi connectivity index (χ3v) is 19.3. The molecule has 5 aliphatic rings. The van der Waals surface area contributed by atoms with Crippen molar-refractivity contribution in [3.8, 4) is 5.75 Å². The number of esters is 1. The average molecular weight is 847 g/mol. The molecule has 5 heterocycles. The number of hydrogen-bond acceptors (Lipinski definition) is 8. The quantitative estimate of drug-likeness (QED) is 0.0616. The number of phenolic OH excluding ortho intramolecular Hbond substituents is 1. The summed E-state index contributed by atoms with van der Waals surface area (Å²) in [4.78, 5) is 47.0. The summed E-state index contributed by atoms with van der Waals surface area (Å²) < 4.78 is 13.4. The minimum absolute atomic E-state index is 0.00335. The molecule has 10 nitrogen and oxygen atoms in total. The summed E-state index contributed by atoms with van der Waals surface area (Å²) in [6.07, 6.45) is 9.76. The van der Waals surface area contributed by atoms with E-state index in [1.807, 2.05) is 23.1 Å². The van der Waals surface area contributed by atoms with Crippen molar-refractivity contribution in [2.75, 3.05) is 32.7 Å². The summed E-state index contributed by atoms with van der Waals surface area (Å²) in [6, 6.07) is 21.7. The number of amides is 1. The number of piperidine rings is 3. The number of carbonyl (C=O) groups is 2. The van der Waals surface area contributed by atoms with E-state index >= 15 is 0 Å². The molecule has 0 radical (unpaired) electrons. The van der Waals surface area contributed by atoms with Crippen molar-refractivity contribution in [3.05, 3.63) is 110 Å². The van der Waals surface area contributed by atoms with Gasteiger partial charge in [0.2, 0.25) is 5.56 Å². The van der Waals surface area contributed by atoms with Crippen LogP contribution >= 0.6 is 0 Å². The molecule has 3 aromatic carbocycles. The van der Waals surface area contributed by atoms with Gasteiger partial charge in [-0.25, -0.2) is 0 Å². The van der Waals surface area contributed by atoms with Crippen LogP contribution in [0, 0.1) is 5.92 Å². The maximum Gasteiger partial charge on any atom is 0.316 e. The van der Waals surface area contributed by atoms with Crippen LogP contribution < -0.4 is 10.9 Å². The Morgan fingerprint density at radius 2 is 1.75 bits per heavy atom. The molecule has 1 amide bonds. The molecular formula is C50H66N4O6Si. The molecule has 61 heavy (non-hydrogen) atoms. The molecule has 1 aliphatic carbocycles. The van der Waals surface area contributed by atoms with Gasteiger partial charge in [-0.05, 0) is 128 Å². The Morgan fingerprint density at radius 1 is 0.967 bits per heavy atom. The fraction of sp³-hybridized carbons (Fsp3) is 0.540. The van der Waals surface area contributed by atoms with Gasteiger partial charge in [0.15, 0.2) is 8.32 Å². The third kappa shape index (κ3) is 9.26. The van der Waals surface area contributed by atoms with E-state index in [9.17, 15) is 19.5 Å². The number of nitrogens with zero attached hydrogens (tertiary/aromatic N) is 2. The van der Waals surface area contributed by atoms with Crippen LogP contribution in [0.25, 0.3) is 10.9 Å². The lowest BCUT2D eigenvalue weighted by molar-refractivity contribution is -0.167. The second-order valence-electron chi connectivity index (χ2n) is 19.9. The number of unbranched alkanes of at least 4 members (excludes halogenated alkanes) is 1. The first kappa shape index (κ1) is 43.4. The van der Waals surface area contributed by atoms with Crippen molar-refractivity contribution in [3.63, 3.8) is 0 Å². The van der Waals surface area contributed by atoms with Crippen LogP contribution in [0.1, 0.15) is 123 Å². The zero-order valence-corrected chi connectivity index (χ0v) is 38.0. The van der Waals surface area contributed by atoms with Crippen LogP contribution in [0.3, 0.4) is 0 Å². The van der Waals surface area contributed by atoms with E-state index in [2.05, 4.69) is 79.4 Å². The standard InChI is InChI=1S/C50H66N4O6Si/c1-49(2,3)61(4,5)60-43(40-17-19-42(55)46-41(40)18-20-45(56)52-46)31-51-30-35-15-16-39-37(28-35)32-54(47(39)57)25-10-7-12-34-13-11-14-38(29-34)50(23-8-6-9-24-50)48(58)59-44-33-53-26-21-36(44)22-27-53/h11,13-20,28-29,36,43-44,51,55H,6-10,12,21-27,30-33H2,1-5H3,(H,52,56)/t43-,44-/m0/s1. The number of carbonyl (C=O) groups excluding carboxylic acids is 2. The third-order valence-electron chi connectivity index (χ3n) is 14.8. The summed E-state index contributed by atoms with van der Waals surface area (Å²) in [6.45, 7) is 16.7. The number of aryl methyl sites for hydroxylation is 1. The molecule has 2 atom stereocenters. The zero-order chi connectivity index (χ0) is 42.9. The maximum absolute atomic E-state index is 14.1. The second kappa shape index (κ2) is 17.8. The van der Waals surface area contributed by atoms with Gasteiger partial charge in [0.05, 0.1) is 17.0 Å². The molecule has 0 spiro atoms. The molecule has 2 bridgehead atoms. The number of aromatic nitrogens is 1. The maximum atomic E-state index is 14.1. The van der Waals surface area contributed by atoms with E-state index in [0.29, 0.717) is 37.6 Å². The number of fused-ring (bicyclic) bond motifs is 5. The zero-order valence-electron chi connectivity index (χ0n) is 37.0. The largest absolute Gasteiger partial charge is 0.506 e. The predicted molar refractivity (Wildman–Crippen MR) is 243 cm³/mol. The molecule has 4 aromatic rings. The minimum Gasteiger partial charge on any atom is -0.506 e. The van der Waals surface area contributed by atoms with Crippen LogP contribution in [-0.2, 0) is 38.9 Å². The molecule has 4 aliphatic heterocycles. The summed E-state index contributed by atoms with van der Waals surface area (Å²) in [5.74, 6) is 0.626. The van der Waals surface area contributed by atoms with Gasteiger partial charge in [-0.3, -0.25) is 19.3 Å². The van der Waals surface area contributed by atoms with Gasteiger partial charge in [-0.1, -0.05) is 82.5 Å². The number of rotatable bonds is 15. The van der Waals surface area contributed by atoms with Gasteiger partial charge in [-0.15, -0.1) is 0 Å². The van der Waals surface area contributed by atoms with E-state index in [1.165, 1.54) is 18.1 Å². The number of ether oxygens (including phenoxy) is 1. The van der Waals surface area contributed by atoms with Crippen molar-refractivity contribution in [1.82, 2.24) is 20.1 Å². The first-order chi connectivity index (χ1) is 29.2. The molecular weight excluding hydrogens is 781 g/mol. The number of hydrogen-bond donors (Lipinski definition) is 3. The highest BCUT2D eigenvalue weighted by Gasteiger charge is 2.46. The monoisotopic (exact) mass is 846 g/mol. The van der Waals surface area contributed by atoms with Crippen LogP contribution in [-0.4, -0.2) is 78.9 Å². The number of pyridine rings is 1. The first-order valence-corrected chi connectivity index (χ1v) is 25.8. The molecule has 11 heteroatoms. The molecule has 9 rings (SSSR count). The summed E-state index contributed by atoms with van der Waals surface area (Å²) in [5.41, 5.74) is 5.82. The molecule has 4 fully saturated rings.